The Kier molecular flexibility index (Phi) is 5.67. The minimum atomic E-state index is 0.188. The molecule has 114 valence electrons. The van der Waals surface area contributed by atoms with Crippen LogP contribution in [0.4, 0.5) is 0 Å². The summed E-state index contributed by atoms with van der Waals surface area (Å²) in [6, 6.07) is 6.13. The summed E-state index contributed by atoms with van der Waals surface area (Å²) < 4.78 is 0. The Morgan fingerprint density at radius 3 is 2.90 bits per heavy atom. The first-order valence-electron chi connectivity index (χ1n) is 7.51. The molecule has 4 nitrogen and oxygen atoms in total. The molecule has 0 aliphatic heterocycles. The van der Waals surface area contributed by atoms with Crippen molar-refractivity contribution in [2.45, 2.75) is 38.8 Å². The largest absolute Gasteiger partial charge is 0.342 e. The third-order valence-corrected chi connectivity index (χ3v) is 4.32. The highest BCUT2D eigenvalue weighted by Gasteiger charge is 2.12. The Morgan fingerprint density at radius 2 is 2.19 bits per heavy atom. The summed E-state index contributed by atoms with van der Waals surface area (Å²) in [5.41, 5.74) is 3.19. The van der Waals surface area contributed by atoms with Crippen molar-refractivity contribution < 1.29 is 4.79 Å². The van der Waals surface area contributed by atoms with Crippen molar-refractivity contribution in [1.29, 1.82) is 0 Å². The second-order valence-electron chi connectivity index (χ2n) is 5.18. The number of aryl methyl sites for hydroxylation is 1. The summed E-state index contributed by atoms with van der Waals surface area (Å²) in [5.74, 6) is 0.628. The average Bonchev–Trinajstić information content (AvgIpc) is 2.87. The molecule has 1 amide bonds. The lowest BCUT2D eigenvalue weighted by atomic mass is 10.2. The standard InChI is InChI=1S/C16H23N3OS/c1-4-6-9-19(5-2)15(20)11-21-16-17-13-8-7-12(3)10-14(13)18-16/h7-8,10H,4-6,9,11H2,1-3H3,(H,17,18). The Bertz CT molecular complexity index is 609. The van der Waals surface area contributed by atoms with Crippen LogP contribution in [0.25, 0.3) is 11.0 Å². The molecule has 1 aromatic heterocycles. The molecule has 0 saturated heterocycles. The molecule has 1 aromatic carbocycles. The fraction of sp³-hybridized carbons (Fsp3) is 0.500. The summed E-state index contributed by atoms with van der Waals surface area (Å²) in [6.07, 6.45) is 2.17. The predicted octanol–water partition coefficient (Wildman–Crippen LogP) is 3.61. The number of hydrogen-bond donors (Lipinski definition) is 1. The molecule has 2 aromatic rings. The smallest absolute Gasteiger partial charge is 0.233 e. The van der Waals surface area contributed by atoms with Gasteiger partial charge >= 0.3 is 0 Å². The quantitative estimate of drug-likeness (QED) is 0.795. The van der Waals surface area contributed by atoms with Gasteiger partial charge < -0.3 is 9.88 Å². The number of aromatic nitrogens is 2. The zero-order valence-electron chi connectivity index (χ0n) is 13.0. The average molecular weight is 305 g/mol. The number of carbonyl (C=O) groups excluding carboxylic acids is 1. The van der Waals surface area contributed by atoms with Gasteiger partial charge in [-0.1, -0.05) is 31.2 Å². The van der Waals surface area contributed by atoms with Gasteiger partial charge in [0.1, 0.15) is 0 Å². The maximum absolute atomic E-state index is 12.2. The van der Waals surface area contributed by atoms with Crippen LogP contribution in [0.1, 0.15) is 32.3 Å². The molecule has 0 bridgehead atoms. The molecule has 0 radical (unpaired) electrons. The van der Waals surface area contributed by atoms with E-state index in [1.165, 1.54) is 17.3 Å². The lowest BCUT2D eigenvalue weighted by molar-refractivity contribution is -0.128. The Morgan fingerprint density at radius 1 is 1.38 bits per heavy atom. The predicted molar refractivity (Wildman–Crippen MR) is 88.7 cm³/mol. The van der Waals surface area contributed by atoms with Crippen molar-refractivity contribution in [1.82, 2.24) is 14.9 Å². The number of imidazole rings is 1. The Balaban J connectivity index is 1.95. The number of rotatable bonds is 7. The highest BCUT2D eigenvalue weighted by molar-refractivity contribution is 7.99. The topological polar surface area (TPSA) is 49.0 Å². The number of fused-ring (bicyclic) bond motifs is 1. The van der Waals surface area contributed by atoms with E-state index in [9.17, 15) is 4.79 Å². The number of H-pyrrole nitrogens is 1. The SMILES string of the molecule is CCCCN(CC)C(=O)CSc1nc2ccc(C)cc2[nH]1. The fourth-order valence-electron chi connectivity index (χ4n) is 2.20. The second kappa shape index (κ2) is 7.50. The molecule has 1 heterocycles. The molecule has 0 spiro atoms. The van der Waals surface area contributed by atoms with Crippen LogP contribution in [0, 0.1) is 6.92 Å². The monoisotopic (exact) mass is 305 g/mol. The van der Waals surface area contributed by atoms with E-state index in [2.05, 4.69) is 29.9 Å². The minimum Gasteiger partial charge on any atom is -0.342 e. The minimum absolute atomic E-state index is 0.188. The number of carbonyl (C=O) groups is 1. The Labute approximate surface area is 130 Å². The molecular weight excluding hydrogens is 282 g/mol. The highest BCUT2D eigenvalue weighted by Crippen LogP contribution is 2.20. The molecule has 21 heavy (non-hydrogen) atoms. The normalized spacial score (nSPS) is 11.0. The van der Waals surface area contributed by atoms with Gasteiger partial charge in [-0.05, 0) is 38.0 Å². The van der Waals surface area contributed by atoms with Gasteiger partial charge in [-0.25, -0.2) is 4.98 Å². The Hall–Kier alpha value is -1.49. The van der Waals surface area contributed by atoms with Crippen molar-refractivity contribution in [3.8, 4) is 0 Å². The van der Waals surface area contributed by atoms with Crippen LogP contribution in [-0.2, 0) is 4.79 Å². The number of unbranched alkanes of at least 4 members (excludes halogenated alkanes) is 1. The van der Waals surface area contributed by atoms with Crippen LogP contribution < -0.4 is 0 Å². The van der Waals surface area contributed by atoms with Crippen LogP contribution in [-0.4, -0.2) is 39.6 Å². The zero-order chi connectivity index (χ0) is 15.2. The molecule has 0 fully saturated rings. The number of hydrogen-bond acceptors (Lipinski definition) is 3. The lowest BCUT2D eigenvalue weighted by Gasteiger charge is -2.20. The molecular formula is C16H23N3OS. The van der Waals surface area contributed by atoms with Gasteiger partial charge in [-0.15, -0.1) is 0 Å². The molecule has 5 heteroatoms. The number of benzene rings is 1. The summed E-state index contributed by atoms with van der Waals surface area (Å²) in [7, 11) is 0. The van der Waals surface area contributed by atoms with Gasteiger partial charge in [0, 0.05) is 13.1 Å². The molecule has 0 unspecified atom stereocenters. The van der Waals surface area contributed by atoms with Crippen LogP contribution in [0.3, 0.4) is 0 Å². The summed E-state index contributed by atoms with van der Waals surface area (Å²) >= 11 is 1.48. The number of amides is 1. The van der Waals surface area contributed by atoms with Crippen LogP contribution in [0.2, 0.25) is 0 Å². The van der Waals surface area contributed by atoms with Crippen LogP contribution in [0.5, 0.6) is 0 Å². The van der Waals surface area contributed by atoms with Gasteiger partial charge in [-0.2, -0.15) is 0 Å². The van der Waals surface area contributed by atoms with Crippen LogP contribution in [0.15, 0.2) is 23.4 Å². The van der Waals surface area contributed by atoms with E-state index >= 15 is 0 Å². The van der Waals surface area contributed by atoms with Gasteiger partial charge in [0.15, 0.2) is 5.16 Å². The first-order chi connectivity index (χ1) is 10.1. The van der Waals surface area contributed by atoms with E-state index in [1.54, 1.807) is 0 Å². The van der Waals surface area contributed by atoms with E-state index in [0.29, 0.717) is 5.75 Å². The summed E-state index contributed by atoms with van der Waals surface area (Å²) in [4.78, 5) is 21.9. The van der Waals surface area contributed by atoms with E-state index in [-0.39, 0.29) is 5.91 Å². The summed E-state index contributed by atoms with van der Waals surface area (Å²) in [6.45, 7) is 7.86. The molecule has 0 atom stereocenters. The number of thioether (sulfide) groups is 1. The van der Waals surface area contributed by atoms with E-state index in [1.807, 2.05) is 24.0 Å². The maximum Gasteiger partial charge on any atom is 0.233 e. The van der Waals surface area contributed by atoms with E-state index in [4.69, 9.17) is 0 Å². The van der Waals surface area contributed by atoms with Crippen molar-refractivity contribution in [3.05, 3.63) is 23.8 Å². The number of nitrogens with zero attached hydrogens (tertiary/aromatic N) is 2. The molecule has 0 aliphatic carbocycles. The fourth-order valence-corrected chi connectivity index (χ4v) is 2.99. The highest BCUT2D eigenvalue weighted by atomic mass is 32.2. The molecule has 1 N–H and O–H groups in total. The first-order valence-corrected chi connectivity index (χ1v) is 8.49. The van der Waals surface area contributed by atoms with Crippen molar-refractivity contribution in [3.63, 3.8) is 0 Å². The number of aromatic amines is 1. The zero-order valence-corrected chi connectivity index (χ0v) is 13.8. The van der Waals surface area contributed by atoms with Crippen molar-refractivity contribution in [2.24, 2.45) is 0 Å². The van der Waals surface area contributed by atoms with Crippen LogP contribution >= 0.6 is 11.8 Å². The van der Waals surface area contributed by atoms with Gasteiger partial charge in [0.05, 0.1) is 16.8 Å². The van der Waals surface area contributed by atoms with Crippen molar-refractivity contribution >= 4 is 28.7 Å². The third kappa shape index (κ3) is 4.24. The van der Waals surface area contributed by atoms with Gasteiger partial charge in [-0.3, -0.25) is 4.79 Å². The second-order valence-corrected chi connectivity index (χ2v) is 6.14. The molecule has 2 rings (SSSR count). The van der Waals surface area contributed by atoms with Gasteiger partial charge in [0.25, 0.3) is 0 Å². The molecule has 0 saturated carbocycles. The molecule has 0 aliphatic rings. The van der Waals surface area contributed by atoms with Crippen molar-refractivity contribution in [2.75, 3.05) is 18.8 Å². The van der Waals surface area contributed by atoms with E-state index < -0.39 is 0 Å². The maximum atomic E-state index is 12.2. The summed E-state index contributed by atoms with van der Waals surface area (Å²) in [5, 5.41) is 0.815. The van der Waals surface area contributed by atoms with Gasteiger partial charge in [0.2, 0.25) is 5.91 Å². The lowest BCUT2D eigenvalue weighted by Crippen LogP contribution is -2.33. The number of nitrogens with one attached hydrogen (secondary N) is 1. The first kappa shape index (κ1) is 15.9. The third-order valence-electron chi connectivity index (χ3n) is 3.46. The van der Waals surface area contributed by atoms with E-state index in [0.717, 1.165) is 42.1 Å².